The SMILES string of the molecule is COc1ccccc1-n1c(SCC(=O)OCc2ccccc2)nnc1-c1ccc(C)cc1. The van der Waals surface area contributed by atoms with Gasteiger partial charge in [-0.2, -0.15) is 0 Å². The van der Waals surface area contributed by atoms with E-state index in [1.54, 1.807) is 7.11 Å². The Kier molecular flexibility index (Phi) is 6.87. The fourth-order valence-electron chi connectivity index (χ4n) is 3.19. The number of rotatable bonds is 8. The van der Waals surface area contributed by atoms with E-state index in [1.165, 1.54) is 11.8 Å². The first-order valence-electron chi connectivity index (χ1n) is 10.1. The number of ether oxygens (including phenoxy) is 2. The molecular formula is C25H23N3O3S. The molecular weight excluding hydrogens is 422 g/mol. The predicted molar refractivity (Wildman–Crippen MR) is 125 cm³/mol. The summed E-state index contributed by atoms with van der Waals surface area (Å²) in [4.78, 5) is 12.3. The Morgan fingerprint density at radius 2 is 1.66 bits per heavy atom. The number of thioether (sulfide) groups is 1. The minimum absolute atomic E-state index is 0.119. The molecule has 0 atom stereocenters. The quantitative estimate of drug-likeness (QED) is 0.278. The number of benzene rings is 3. The molecule has 4 aromatic rings. The van der Waals surface area contributed by atoms with Gasteiger partial charge in [0.1, 0.15) is 12.4 Å². The second-order valence-corrected chi connectivity index (χ2v) is 8.06. The van der Waals surface area contributed by atoms with E-state index in [2.05, 4.69) is 10.2 Å². The van der Waals surface area contributed by atoms with Crippen LogP contribution >= 0.6 is 11.8 Å². The molecule has 0 spiro atoms. The molecule has 4 rings (SSSR count). The number of hydrogen-bond donors (Lipinski definition) is 0. The van der Waals surface area contributed by atoms with Gasteiger partial charge in [0.2, 0.25) is 0 Å². The molecule has 0 saturated heterocycles. The second kappa shape index (κ2) is 10.2. The molecule has 3 aromatic carbocycles. The largest absolute Gasteiger partial charge is 0.495 e. The predicted octanol–water partition coefficient (Wildman–Crippen LogP) is 5.09. The minimum atomic E-state index is -0.315. The molecule has 0 saturated carbocycles. The Balaban J connectivity index is 1.59. The van der Waals surface area contributed by atoms with Crippen molar-refractivity contribution in [2.45, 2.75) is 18.7 Å². The Hall–Kier alpha value is -3.58. The normalized spacial score (nSPS) is 10.7. The third kappa shape index (κ3) is 5.00. The summed E-state index contributed by atoms with van der Waals surface area (Å²) in [6.07, 6.45) is 0. The topological polar surface area (TPSA) is 66.2 Å². The van der Waals surface area contributed by atoms with E-state index >= 15 is 0 Å². The molecule has 0 fully saturated rings. The molecule has 1 aromatic heterocycles. The molecule has 0 N–H and O–H groups in total. The molecule has 162 valence electrons. The Morgan fingerprint density at radius 1 is 0.938 bits per heavy atom. The van der Waals surface area contributed by atoms with Gasteiger partial charge in [-0.3, -0.25) is 9.36 Å². The fraction of sp³-hybridized carbons (Fsp3) is 0.160. The van der Waals surface area contributed by atoms with E-state index in [0.29, 0.717) is 16.7 Å². The van der Waals surface area contributed by atoms with Crippen LogP contribution in [0.2, 0.25) is 0 Å². The van der Waals surface area contributed by atoms with Crippen LogP contribution < -0.4 is 4.74 Å². The first kappa shape index (κ1) is 21.6. The lowest BCUT2D eigenvalue weighted by molar-refractivity contribution is -0.141. The summed E-state index contributed by atoms with van der Waals surface area (Å²) in [6.45, 7) is 2.28. The van der Waals surface area contributed by atoms with Crippen LogP contribution in [-0.4, -0.2) is 33.6 Å². The second-order valence-electron chi connectivity index (χ2n) is 7.11. The molecule has 0 radical (unpaired) electrons. The molecule has 0 aliphatic carbocycles. The maximum atomic E-state index is 12.3. The van der Waals surface area contributed by atoms with Crippen molar-refractivity contribution in [2.75, 3.05) is 12.9 Å². The number of para-hydroxylation sites is 2. The number of methoxy groups -OCH3 is 1. The maximum absolute atomic E-state index is 12.3. The lowest BCUT2D eigenvalue weighted by atomic mass is 10.1. The Morgan fingerprint density at radius 3 is 2.41 bits per heavy atom. The molecule has 0 unspecified atom stereocenters. The van der Waals surface area contributed by atoms with Crippen molar-refractivity contribution >= 4 is 17.7 Å². The number of aryl methyl sites for hydroxylation is 1. The van der Waals surface area contributed by atoms with Crippen molar-refractivity contribution < 1.29 is 14.3 Å². The van der Waals surface area contributed by atoms with Crippen LogP contribution in [0.15, 0.2) is 84.0 Å². The van der Waals surface area contributed by atoms with Crippen LogP contribution in [-0.2, 0) is 16.1 Å². The van der Waals surface area contributed by atoms with Gasteiger partial charge in [0.05, 0.1) is 18.6 Å². The average Bonchev–Trinajstić information content (AvgIpc) is 3.26. The molecule has 32 heavy (non-hydrogen) atoms. The van der Waals surface area contributed by atoms with Crippen molar-refractivity contribution in [3.8, 4) is 22.8 Å². The monoisotopic (exact) mass is 445 g/mol. The molecule has 0 aliphatic rings. The van der Waals surface area contributed by atoms with E-state index in [9.17, 15) is 4.79 Å². The van der Waals surface area contributed by atoms with Crippen LogP contribution in [0.4, 0.5) is 0 Å². The number of carbonyl (C=O) groups excluding carboxylic acids is 1. The summed E-state index contributed by atoms with van der Waals surface area (Å²) in [5, 5.41) is 9.38. The summed E-state index contributed by atoms with van der Waals surface area (Å²) in [5.41, 5.74) is 3.83. The minimum Gasteiger partial charge on any atom is -0.495 e. The van der Waals surface area contributed by atoms with Crippen LogP contribution in [0.3, 0.4) is 0 Å². The van der Waals surface area contributed by atoms with Gasteiger partial charge in [-0.05, 0) is 24.6 Å². The standard InChI is InChI=1S/C25H23N3O3S/c1-18-12-14-20(15-13-18)24-26-27-25(28(24)21-10-6-7-11-22(21)30-2)32-17-23(29)31-16-19-8-4-3-5-9-19/h3-15H,16-17H2,1-2H3. The molecule has 7 heteroatoms. The van der Waals surface area contributed by atoms with Gasteiger partial charge in [0.15, 0.2) is 11.0 Å². The third-order valence-electron chi connectivity index (χ3n) is 4.83. The number of esters is 1. The summed E-state index contributed by atoms with van der Waals surface area (Å²) in [5.74, 6) is 1.17. The van der Waals surface area contributed by atoms with Crippen LogP contribution in [0.25, 0.3) is 17.1 Å². The van der Waals surface area contributed by atoms with E-state index in [1.807, 2.05) is 90.4 Å². The smallest absolute Gasteiger partial charge is 0.316 e. The molecule has 0 bridgehead atoms. The van der Waals surface area contributed by atoms with Gasteiger partial charge in [0.25, 0.3) is 0 Å². The van der Waals surface area contributed by atoms with Crippen LogP contribution in [0.5, 0.6) is 5.75 Å². The van der Waals surface area contributed by atoms with Gasteiger partial charge in [-0.1, -0.05) is 84.1 Å². The van der Waals surface area contributed by atoms with Gasteiger partial charge in [-0.15, -0.1) is 10.2 Å². The molecule has 0 aliphatic heterocycles. The highest BCUT2D eigenvalue weighted by Gasteiger charge is 2.20. The zero-order valence-electron chi connectivity index (χ0n) is 17.9. The van der Waals surface area contributed by atoms with Crippen LogP contribution in [0.1, 0.15) is 11.1 Å². The zero-order chi connectivity index (χ0) is 22.3. The fourth-order valence-corrected chi connectivity index (χ4v) is 3.93. The van der Waals surface area contributed by atoms with Gasteiger partial charge in [0, 0.05) is 5.56 Å². The van der Waals surface area contributed by atoms with Crippen molar-refractivity contribution in [3.05, 3.63) is 90.0 Å². The van der Waals surface area contributed by atoms with Crippen molar-refractivity contribution in [3.63, 3.8) is 0 Å². The highest BCUT2D eigenvalue weighted by Crippen LogP contribution is 2.32. The lowest BCUT2D eigenvalue weighted by Crippen LogP contribution is -2.09. The van der Waals surface area contributed by atoms with E-state index in [4.69, 9.17) is 9.47 Å². The third-order valence-corrected chi connectivity index (χ3v) is 5.73. The first-order valence-corrected chi connectivity index (χ1v) is 11.1. The first-order chi connectivity index (χ1) is 15.7. The summed E-state index contributed by atoms with van der Waals surface area (Å²) < 4.78 is 12.9. The Labute approximate surface area is 191 Å². The molecule has 1 heterocycles. The lowest BCUT2D eigenvalue weighted by Gasteiger charge is -2.14. The molecule has 0 amide bonds. The average molecular weight is 446 g/mol. The van der Waals surface area contributed by atoms with E-state index < -0.39 is 0 Å². The number of aromatic nitrogens is 3. The Bertz CT molecular complexity index is 1190. The van der Waals surface area contributed by atoms with E-state index in [-0.39, 0.29) is 18.3 Å². The van der Waals surface area contributed by atoms with Crippen molar-refractivity contribution in [1.82, 2.24) is 14.8 Å². The van der Waals surface area contributed by atoms with Crippen molar-refractivity contribution in [1.29, 1.82) is 0 Å². The highest BCUT2D eigenvalue weighted by atomic mass is 32.2. The number of nitrogens with zero attached hydrogens (tertiary/aromatic N) is 3. The zero-order valence-corrected chi connectivity index (χ0v) is 18.7. The molecule has 6 nitrogen and oxygen atoms in total. The summed E-state index contributed by atoms with van der Waals surface area (Å²) >= 11 is 1.28. The van der Waals surface area contributed by atoms with Gasteiger partial charge in [-0.25, -0.2) is 0 Å². The van der Waals surface area contributed by atoms with E-state index in [0.717, 1.165) is 22.4 Å². The van der Waals surface area contributed by atoms with Crippen LogP contribution in [0, 0.1) is 6.92 Å². The van der Waals surface area contributed by atoms with Gasteiger partial charge < -0.3 is 9.47 Å². The van der Waals surface area contributed by atoms with Gasteiger partial charge >= 0.3 is 5.97 Å². The maximum Gasteiger partial charge on any atom is 0.316 e. The number of hydrogen-bond acceptors (Lipinski definition) is 6. The summed E-state index contributed by atoms with van der Waals surface area (Å²) in [7, 11) is 1.63. The highest BCUT2D eigenvalue weighted by molar-refractivity contribution is 7.99. The number of carbonyl (C=O) groups is 1. The summed E-state index contributed by atoms with van der Waals surface area (Å²) in [6, 6.07) is 25.4. The van der Waals surface area contributed by atoms with Crippen molar-refractivity contribution in [2.24, 2.45) is 0 Å².